The molecule has 1 aromatic carbocycles. The maximum absolute atomic E-state index is 10.2. The van der Waals surface area contributed by atoms with Gasteiger partial charge in [0.2, 0.25) is 0 Å². The van der Waals surface area contributed by atoms with Crippen LogP contribution < -0.4 is 4.90 Å². The Morgan fingerprint density at radius 3 is 2.94 bits per heavy atom. The van der Waals surface area contributed by atoms with Gasteiger partial charge in [0.15, 0.2) is 0 Å². The number of para-hydroxylation sites is 1. The molecule has 4 nitrogen and oxygen atoms in total. The van der Waals surface area contributed by atoms with Crippen molar-refractivity contribution < 1.29 is 5.11 Å². The van der Waals surface area contributed by atoms with Gasteiger partial charge in [0.25, 0.3) is 0 Å². The van der Waals surface area contributed by atoms with E-state index in [9.17, 15) is 5.11 Å². The van der Waals surface area contributed by atoms with Crippen LogP contribution in [0.15, 0.2) is 30.6 Å². The van der Waals surface area contributed by atoms with Crippen molar-refractivity contribution in [2.45, 2.75) is 25.4 Å². The number of aromatic nitrogens is 2. The molecule has 2 heterocycles. The zero-order chi connectivity index (χ0) is 12.6. The van der Waals surface area contributed by atoms with E-state index in [1.807, 2.05) is 31.2 Å². The van der Waals surface area contributed by atoms with E-state index < -0.39 is 5.60 Å². The van der Waals surface area contributed by atoms with Crippen LogP contribution in [0.5, 0.6) is 0 Å². The molecule has 0 bridgehead atoms. The third kappa shape index (κ3) is 2.04. The molecule has 0 radical (unpaired) electrons. The molecule has 4 heteroatoms. The largest absolute Gasteiger partial charge is 0.388 e. The van der Waals surface area contributed by atoms with Crippen LogP contribution in [-0.2, 0) is 0 Å². The molecule has 0 aliphatic carbocycles. The van der Waals surface area contributed by atoms with Gasteiger partial charge in [0.1, 0.15) is 12.1 Å². The zero-order valence-electron chi connectivity index (χ0n) is 10.5. The maximum atomic E-state index is 10.2. The predicted molar refractivity (Wildman–Crippen MR) is 71.6 cm³/mol. The van der Waals surface area contributed by atoms with Crippen LogP contribution >= 0.6 is 0 Å². The minimum Gasteiger partial charge on any atom is -0.388 e. The molecular formula is C14H17N3O. The number of benzene rings is 1. The van der Waals surface area contributed by atoms with Gasteiger partial charge >= 0.3 is 0 Å². The number of rotatable bonds is 1. The van der Waals surface area contributed by atoms with Crippen molar-refractivity contribution in [3.05, 3.63) is 30.6 Å². The number of fused-ring (bicyclic) bond motifs is 1. The van der Waals surface area contributed by atoms with Gasteiger partial charge in [-0.3, -0.25) is 0 Å². The number of aliphatic hydroxyl groups is 1. The minimum atomic E-state index is -0.621. The van der Waals surface area contributed by atoms with E-state index >= 15 is 0 Å². The first-order valence-electron chi connectivity index (χ1n) is 6.33. The Kier molecular flexibility index (Phi) is 2.67. The lowest BCUT2D eigenvalue weighted by Crippen LogP contribution is -2.46. The number of β-amino-alcohol motifs (C(OH)–C–C–N with tert-alkyl or cyclic N) is 1. The highest BCUT2D eigenvalue weighted by molar-refractivity contribution is 5.89. The van der Waals surface area contributed by atoms with Crippen LogP contribution in [0.4, 0.5) is 5.82 Å². The normalized spacial score (nSPS) is 24.4. The lowest BCUT2D eigenvalue weighted by Gasteiger charge is -2.37. The zero-order valence-corrected chi connectivity index (χ0v) is 10.5. The summed E-state index contributed by atoms with van der Waals surface area (Å²) < 4.78 is 0. The van der Waals surface area contributed by atoms with Gasteiger partial charge < -0.3 is 10.0 Å². The van der Waals surface area contributed by atoms with Gasteiger partial charge in [-0.25, -0.2) is 9.97 Å². The van der Waals surface area contributed by atoms with Crippen LogP contribution in [0.1, 0.15) is 19.8 Å². The molecule has 0 spiro atoms. The Labute approximate surface area is 106 Å². The third-order valence-electron chi connectivity index (χ3n) is 3.50. The summed E-state index contributed by atoms with van der Waals surface area (Å²) in [5.74, 6) is 0.931. The van der Waals surface area contributed by atoms with Gasteiger partial charge in [-0.2, -0.15) is 0 Å². The van der Waals surface area contributed by atoms with E-state index in [-0.39, 0.29) is 0 Å². The molecule has 1 aliphatic heterocycles. The second-order valence-electron chi connectivity index (χ2n) is 5.24. The lowest BCUT2D eigenvalue weighted by molar-refractivity contribution is 0.0448. The fraction of sp³-hybridized carbons (Fsp3) is 0.429. The van der Waals surface area contributed by atoms with Crippen molar-refractivity contribution in [1.29, 1.82) is 0 Å². The Morgan fingerprint density at radius 2 is 2.11 bits per heavy atom. The number of piperidine rings is 1. The van der Waals surface area contributed by atoms with E-state index in [0.29, 0.717) is 6.54 Å². The average Bonchev–Trinajstić information content (AvgIpc) is 2.37. The summed E-state index contributed by atoms with van der Waals surface area (Å²) in [6.45, 7) is 3.47. The van der Waals surface area contributed by atoms with Gasteiger partial charge in [0, 0.05) is 18.5 Å². The first-order valence-corrected chi connectivity index (χ1v) is 6.33. The van der Waals surface area contributed by atoms with Crippen molar-refractivity contribution in [1.82, 2.24) is 9.97 Å². The van der Waals surface area contributed by atoms with E-state index in [4.69, 9.17) is 0 Å². The van der Waals surface area contributed by atoms with E-state index in [0.717, 1.165) is 36.1 Å². The molecule has 1 N–H and O–H groups in total. The first kappa shape index (κ1) is 11.4. The fourth-order valence-electron chi connectivity index (χ4n) is 2.64. The molecule has 18 heavy (non-hydrogen) atoms. The smallest absolute Gasteiger partial charge is 0.139 e. The molecule has 1 saturated heterocycles. The minimum absolute atomic E-state index is 0.621. The number of anilines is 1. The molecule has 94 valence electrons. The molecule has 1 unspecified atom stereocenters. The lowest BCUT2D eigenvalue weighted by atomic mass is 9.95. The quantitative estimate of drug-likeness (QED) is 0.832. The molecular weight excluding hydrogens is 226 g/mol. The summed E-state index contributed by atoms with van der Waals surface area (Å²) in [6, 6.07) is 8.00. The monoisotopic (exact) mass is 243 g/mol. The molecule has 2 aromatic rings. The van der Waals surface area contributed by atoms with Crippen molar-refractivity contribution >= 4 is 16.7 Å². The molecule has 1 aliphatic rings. The fourth-order valence-corrected chi connectivity index (χ4v) is 2.64. The van der Waals surface area contributed by atoms with Crippen molar-refractivity contribution in [3.63, 3.8) is 0 Å². The van der Waals surface area contributed by atoms with Crippen molar-refractivity contribution in [2.24, 2.45) is 0 Å². The molecule has 1 atom stereocenters. The van der Waals surface area contributed by atoms with Crippen molar-refractivity contribution in [3.8, 4) is 0 Å². The number of hydrogen-bond acceptors (Lipinski definition) is 4. The highest BCUT2D eigenvalue weighted by Gasteiger charge is 2.29. The Bertz CT molecular complexity index is 562. The Hall–Kier alpha value is -1.68. The number of hydrogen-bond donors (Lipinski definition) is 1. The van der Waals surface area contributed by atoms with Crippen LogP contribution in [0.3, 0.4) is 0 Å². The summed E-state index contributed by atoms with van der Waals surface area (Å²) in [6.07, 6.45) is 3.44. The van der Waals surface area contributed by atoms with Crippen LogP contribution in [0, 0.1) is 0 Å². The summed E-state index contributed by atoms with van der Waals surface area (Å²) in [5.41, 5.74) is 0.331. The topological polar surface area (TPSA) is 49.2 Å². The molecule has 1 fully saturated rings. The molecule has 0 amide bonds. The van der Waals surface area contributed by atoms with Crippen LogP contribution in [-0.4, -0.2) is 33.8 Å². The van der Waals surface area contributed by atoms with E-state index in [2.05, 4.69) is 14.9 Å². The maximum Gasteiger partial charge on any atom is 0.139 e. The predicted octanol–water partition coefficient (Wildman–Crippen LogP) is 1.98. The SMILES string of the molecule is CC1(O)CCCN(c2ncnc3ccccc23)C1. The second kappa shape index (κ2) is 4.21. The second-order valence-corrected chi connectivity index (χ2v) is 5.24. The Morgan fingerprint density at radius 1 is 1.28 bits per heavy atom. The first-order chi connectivity index (χ1) is 8.66. The Balaban J connectivity index is 2.04. The van der Waals surface area contributed by atoms with Gasteiger partial charge in [-0.05, 0) is 31.9 Å². The summed E-state index contributed by atoms with van der Waals surface area (Å²) >= 11 is 0. The third-order valence-corrected chi connectivity index (χ3v) is 3.50. The molecule has 1 aromatic heterocycles. The van der Waals surface area contributed by atoms with Crippen LogP contribution in [0.25, 0.3) is 10.9 Å². The standard InChI is InChI=1S/C14H17N3O/c1-14(18)7-4-8-17(9-14)13-11-5-2-3-6-12(11)15-10-16-13/h2-3,5-6,10,18H,4,7-9H2,1H3. The highest BCUT2D eigenvalue weighted by Crippen LogP contribution is 2.28. The van der Waals surface area contributed by atoms with Gasteiger partial charge in [-0.15, -0.1) is 0 Å². The number of nitrogens with zero attached hydrogens (tertiary/aromatic N) is 3. The summed E-state index contributed by atoms with van der Waals surface area (Å²) in [4.78, 5) is 10.8. The van der Waals surface area contributed by atoms with Crippen LogP contribution in [0.2, 0.25) is 0 Å². The van der Waals surface area contributed by atoms with Gasteiger partial charge in [0.05, 0.1) is 11.1 Å². The average molecular weight is 243 g/mol. The van der Waals surface area contributed by atoms with Crippen molar-refractivity contribution in [2.75, 3.05) is 18.0 Å². The molecule has 3 rings (SSSR count). The van der Waals surface area contributed by atoms with E-state index in [1.54, 1.807) is 6.33 Å². The van der Waals surface area contributed by atoms with Gasteiger partial charge in [-0.1, -0.05) is 12.1 Å². The summed E-state index contributed by atoms with van der Waals surface area (Å²) in [5, 5.41) is 11.2. The molecule has 0 saturated carbocycles. The van der Waals surface area contributed by atoms with E-state index in [1.165, 1.54) is 0 Å². The summed E-state index contributed by atoms with van der Waals surface area (Å²) in [7, 11) is 0. The highest BCUT2D eigenvalue weighted by atomic mass is 16.3.